The Balaban J connectivity index is 0.000000237. The van der Waals surface area contributed by atoms with Gasteiger partial charge in [-0.25, -0.2) is 8.78 Å². The van der Waals surface area contributed by atoms with Crippen LogP contribution >= 0.6 is 39.5 Å². The van der Waals surface area contributed by atoms with Crippen molar-refractivity contribution in [1.82, 2.24) is 0 Å². The molecule has 0 aliphatic carbocycles. The van der Waals surface area contributed by atoms with Crippen LogP contribution in [-0.4, -0.2) is 30.8 Å². The highest BCUT2D eigenvalue weighted by molar-refractivity contribution is 9.10. The van der Waals surface area contributed by atoms with Gasteiger partial charge >= 0.3 is 7.12 Å². The molecule has 0 amide bonds. The minimum absolute atomic E-state index is 0.165. The molecule has 0 N–H and O–H groups in total. The van der Waals surface area contributed by atoms with Crippen molar-refractivity contribution in [3.05, 3.63) is 52.5 Å². The Morgan fingerprint density at radius 3 is 1.71 bits per heavy atom. The molecule has 28 heavy (non-hydrogen) atoms. The number of hydrogen-bond acceptors (Lipinski definition) is 4. The quantitative estimate of drug-likeness (QED) is 0.380. The van der Waals surface area contributed by atoms with Gasteiger partial charge in [0, 0.05) is 14.3 Å². The van der Waals surface area contributed by atoms with Gasteiger partial charge in [-0.05, 0) is 76.0 Å². The molecule has 1 aliphatic heterocycles. The van der Waals surface area contributed by atoms with E-state index in [-0.39, 0.29) is 11.6 Å². The van der Waals surface area contributed by atoms with Gasteiger partial charge in [0.2, 0.25) is 0 Å². The Labute approximate surface area is 183 Å². The lowest BCUT2D eigenvalue weighted by atomic mass is 9.79. The zero-order chi connectivity index (χ0) is 21.1. The molecule has 0 radical (unpaired) electrons. The van der Waals surface area contributed by atoms with Crippen LogP contribution in [0.2, 0.25) is 0 Å². The predicted molar refractivity (Wildman–Crippen MR) is 120 cm³/mol. The van der Waals surface area contributed by atoms with Crippen LogP contribution in [0.1, 0.15) is 27.7 Å². The SMILES string of the molecule is CSc1ccc(B2OC(C)(C)C(C)(C)O2)cc1F.CSc1ccc(Br)cc1F. The van der Waals surface area contributed by atoms with Gasteiger partial charge in [0.1, 0.15) is 11.6 Å². The molecule has 2 nitrogen and oxygen atoms in total. The van der Waals surface area contributed by atoms with E-state index in [0.29, 0.717) is 9.79 Å². The van der Waals surface area contributed by atoms with Gasteiger partial charge < -0.3 is 9.31 Å². The first kappa shape index (κ1) is 23.7. The van der Waals surface area contributed by atoms with Crippen LogP contribution in [0.25, 0.3) is 0 Å². The van der Waals surface area contributed by atoms with E-state index in [9.17, 15) is 8.78 Å². The van der Waals surface area contributed by atoms with Crippen molar-refractivity contribution in [3.8, 4) is 0 Å². The summed E-state index contributed by atoms with van der Waals surface area (Å²) in [5, 5.41) is 0. The topological polar surface area (TPSA) is 18.5 Å². The summed E-state index contributed by atoms with van der Waals surface area (Å²) in [6.07, 6.45) is 3.71. The summed E-state index contributed by atoms with van der Waals surface area (Å²) in [5.74, 6) is -0.392. The highest BCUT2D eigenvalue weighted by Gasteiger charge is 2.51. The highest BCUT2D eigenvalue weighted by Crippen LogP contribution is 2.36. The highest BCUT2D eigenvalue weighted by atomic mass is 79.9. The Kier molecular flexibility index (Phi) is 8.07. The molecule has 1 heterocycles. The molecule has 0 aromatic heterocycles. The van der Waals surface area contributed by atoms with Gasteiger partial charge in [-0.1, -0.05) is 22.0 Å². The lowest BCUT2D eigenvalue weighted by Gasteiger charge is -2.32. The molecule has 2 aromatic carbocycles. The molecule has 0 atom stereocenters. The lowest BCUT2D eigenvalue weighted by molar-refractivity contribution is 0.00578. The van der Waals surface area contributed by atoms with Crippen molar-refractivity contribution in [2.45, 2.75) is 48.7 Å². The first-order chi connectivity index (χ1) is 13.0. The van der Waals surface area contributed by atoms with Gasteiger partial charge in [0.15, 0.2) is 0 Å². The monoisotopic (exact) mass is 488 g/mol. The number of benzene rings is 2. The summed E-state index contributed by atoms with van der Waals surface area (Å²) >= 11 is 5.97. The van der Waals surface area contributed by atoms with Crippen molar-refractivity contribution >= 4 is 52.0 Å². The normalized spacial score (nSPS) is 17.2. The Bertz CT molecular complexity index is 818. The first-order valence-electron chi connectivity index (χ1n) is 8.69. The molecule has 0 unspecified atom stereocenters. The molecule has 1 fully saturated rings. The largest absolute Gasteiger partial charge is 0.494 e. The van der Waals surface area contributed by atoms with Crippen LogP contribution in [0.4, 0.5) is 8.78 Å². The average Bonchev–Trinajstić information content (AvgIpc) is 2.83. The molecule has 1 aliphatic rings. The van der Waals surface area contributed by atoms with Crippen LogP contribution in [0.15, 0.2) is 50.7 Å². The Morgan fingerprint density at radius 1 is 0.821 bits per heavy atom. The van der Waals surface area contributed by atoms with E-state index < -0.39 is 18.3 Å². The standard InChI is InChI=1S/C13H18BFO2S.C7H6BrFS/c1-12(2)13(3,4)17-14(16-12)9-6-7-11(18-5)10(15)8-9;1-10-7-3-2-5(8)4-6(7)9/h6-8H,1-5H3;2-4H,1H3. The van der Waals surface area contributed by atoms with E-state index in [1.807, 2.05) is 52.3 Å². The predicted octanol–water partition coefficient (Wildman–Crippen LogP) is 6.16. The molecule has 2 aromatic rings. The maximum Gasteiger partial charge on any atom is 0.494 e. The molecular weight excluding hydrogens is 465 g/mol. The fourth-order valence-electron chi connectivity index (χ4n) is 2.45. The third-order valence-electron chi connectivity index (χ3n) is 4.82. The van der Waals surface area contributed by atoms with Gasteiger partial charge in [0.05, 0.1) is 11.2 Å². The number of thioether (sulfide) groups is 2. The van der Waals surface area contributed by atoms with Crippen molar-refractivity contribution in [2.75, 3.05) is 12.5 Å². The van der Waals surface area contributed by atoms with Gasteiger partial charge in [0.25, 0.3) is 0 Å². The number of rotatable bonds is 3. The summed E-state index contributed by atoms with van der Waals surface area (Å²) in [5.41, 5.74) is -0.0671. The second-order valence-electron chi connectivity index (χ2n) is 7.26. The third kappa shape index (κ3) is 5.54. The second kappa shape index (κ2) is 9.52. The van der Waals surface area contributed by atoms with Gasteiger partial charge in [-0.15, -0.1) is 23.5 Å². The Hall–Kier alpha value is -0.535. The van der Waals surface area contributed by atoms with Crippen LogP contribution in [-0.2, 0) is 9.31 Å². The summed E-state index contributed by atoms with van der Waals surface area (Å²) < 4.78 is 39.1. The summed E-state index contributed by atoms with van der Waals surface area (Å²) in [6, 6.07) is 10.2. The van der Waals surface area contributed by atoms with E-state index in [1.165, 1.54) is 35.7 Å². The maximum atomic E-state index is 13.8. The molecule has 0 spiro atoms. The van der Waals surface area contributed by atoms with Crippen LogP contribution in [0.5, 0.6) is 0 Å². The van der Waals surface area contributed by atoms with Crippen LogP contribution in [0, 0.1) is 11.6 Å². The molecule has 1 saturated heterocycles. The van der Waals surface area contributed by atoms with Gasteiger partial charge in [-0.2, -0.15) is 0 Å². The minimum atomic E-state index is -0.500. The summed E-state index contributed by atoms with van der Waals surface area (Å²) in [7, 11) is -0.500. The van der Waals surface area contributed by atoms with Crippen molar-refractivity contribution in [2.24, 2.45) is 0 Å². The smallest absolute Gasteiger partial charge is 0.399 e. The van der Waals surface area contributed by atoms with E-state index in [1.54, 1.807) is 12.1 Å². The molecule has 0 saturated carbocycles. The second-order valence-corrected chi connectivity index (χ2v) is 9.87. The summed E-state index contributed by atoms with van der Waals surface area (Å²) in [4.78, 5) is 1.32. The zero-order valence-corrected chi connectivity index (χ0v) is 20.0. The Morgan fingerprint density at radius 2 is 1.29 bits per heavy atom. The first-order valence-corrected chi connectivity index (χ1v) is 11.9. The minimum Gasteiger partial charge on any atom is -0.399 e. The van der Waals surface area contributed by atoms with Crippen molar-refractivity contribution in [1.29, 1.82) is 0 Å². The lowest BCUT2D eigenvalue weighted by Crippen LogP contribution is -2.41. The van der Waals surface area contributed by atoms with Crippen LogP contribution < -0.4 is 5.46 Å². The van der Waals surface area contributed by atoms with Gasteiger partial charge in [-0.3, -0.25) is 0 Å². The molecule has 152 valence electrons. The average molecular weight is 489 g/mol. The van der Waals surface area contributed by atoms with E-state index in [2.05, 4.69) is 15.9 Å². The molecule has 0 bridgehead atoms. The van der Waals surface area contributed by atoms with E-state index in [0.717, 1.165) is 9.94 Å². The fourth-order valence-corrected chi connectivity index (χ4v) is 3.70. The zero-order valence-electron chi connectivity index (χ0n) is 16.8. The van der Waals surface area contributed by atoms with E-state index in [4.69, 9.17) is 9.31 Å². The fraction of sp³-hybridized carbons (Fsp3) is 0.400. The maximum absolute atomic E-state index is 13.8. The number of hydrogen-bond donors (Lipinski definition) is 0. The summed E-state index contributed by atoms with van der Waals surface area (Å²) in [6.45, 7) is 7.94. The number of halogens is 3. The molecular formula is C20H24BBrF2O2S2. The molecule has 8 heteroatoms. The van der Waals surface area contributed by atoms with E-state index >= 15 is 0 Å². The third-order valence-corrected chi connectivity index (χ3v) is 6.85. The van der Waals surface area contributed by atoms with Crippen LogP contribution in [0.3, 0.4) is 0 Å². The van der Waals surface area contributed by atoms with Crippen molar-refractivity contribution < 1.29 is 18.1 Å². The molecule has 3 rings (SSSR count). The van der Waals surface area contributed by atoms with Crippen molar-refractivity contribution in [3.63, 3.8) is 0 Å².